The van der Waals surface area contributed by atoms with Crippen LogP contribution in [0.4, 0.5) is 4.79 Å². The van der Waals surface area contributed by atoms with Gasteiger partial charge in [0, 0.05) is 30.5 Å². The highest BCUT2D eigenvalue weighted by molar-refractivity contribution is 8.00. The lowest BCUT2D eigenvalue weighted by atomic mass is 9.87. The molecule has 3 rings (SSSR count). The summed E-state index contributed by atoms with van der Waals surface area (Å²) in [6.45, 7) is 2.70. The second-order valence-corrected chi connectivity index (χ2v) is 10.2. The quantitative estimate of drug-likeness (QED) is 0.206. The lowest BCUT2D eigenvalue weighted by molar-refractivity contribution is -0.130. The number of fused-ring (bicyclic) bond motifs is 1. The lowest BCUT2D eigenvalue weighted by Crippen LogP contribution is -2.39. The molecule has 0 bridgehead atoms. The van der Waals surface area contributed by atoms with E-state index in [1.807, 2.05) is 11.8 Å². The van der Waals surface area contributed by atoms with Crippen LogP contribution in [0.5, 0.6) is 0 Å². The van der Waals surface area contributed by atoms with Gasteiger partial charge in [-0.3, -0.25) is 9.59 Å². The smallest absolute Gasteiger partial charge is 0.315 e. The van der Waals surface area contributed by atoms with E-state index in [0.717, 1.165) is 25.0 Å². The monoisotopic (exact) mass is 442 g/mol. The van der Waals surface area contributed by atoms with Crippen molar-refractivity contribution in [2.75, 3.05) is 18.8 Å². The van der Waals surface area contributed by atoms with Gasteiger partial charge >= 0.3 is 6.03 Å². The standard InChI is InChI=1S/C20H34N4O5S/c1-20(9-13(25)14(26)10-20)18(28)22-8-4-7-21-16(27)6-3-2-5-15-17-12(11-30-15)23-19(29)24-17/h12-15,17,25-26H,2-11H2,1H3,(H,21,27)(H,22,28)(H2,23,24,29)/t12-,13?,14?,15?,17-,20?/m0/s1. The van der Waals surface area contributed by atoms with E-state index < -0.39 is 17.6 Å². The first-order chi connectivity index (χ1) is 14.3. The molecule has 170 valence electrons. The summed E-state index contributed by atoms with van der Waals surface area (Å²) in [6, 6.07) is 0.380. The first-order valence-corrected chi connectivity index (χ1v) is 11.9. The third-order valence-electron chi connectivity index (χ3n) is 6.35. The van der Waals surface area contributed by atoms with Crippen LogP contribution < -0.4 is 21.3 Å². The molecule has 30 heavy (non-hydrogen) atoms. The highest BCUT2D eigenvalue weighted by Crippen LogP contribution is 2.38. The van der Waals surface area contributed by atoms with Crippen LogP contribution in [0.2, 0.25) is 0 Å². The molecule has 1 saturated carbocycles. The van der Waals surface area contributed by atoms with Crippen LogP contribution in [0, 0.1) is 5.41 Å². The molecular weight excluding hydrogens is 408 g/mol. The van der Waals surface area contributed by atoms with Crippen LogP contribution >= 0.6 is 11.8 Å². The van der Waals surface area contributed by atoms with Crippen molar-refractivity contribution >= 4 is 29.6 Å². The first kappa shape index (κ1) is 23.1. The highest BCUT2D eigenvalue weighted by atomic mass is 32.2. The predicted molar refractivity (Wildman–Crippen MR) is 114 cm³/mol. The largest absolute Gasteiger partial charge is 0.390 e. The van der Waals surface area contributed by atoms with Crippen LogP contribution in [-0.2, 0) is 9.59 Å². The molecule has 2 saturated heterocycles. The number of thioether (sulfide) groups is 1. The Hall–Kier alpha value is -1.52. The second kappa shape index (κ2) is 10.2. The number of aliphatic hydroxyl groups is 2. The maximum absolute atomic E-state index is 12.3. The van der Waals surface area contributed by atoms with E-state index in [2.05, 4.69) is 21.3 Å². The molecule has 0 spiro atoms. The molecule has 0 aromatic carbocycles. The van der Waals surface area contributed by atoms with E-state index in [1.165, 1.54) is 0 Å². The van der Waals surface area contributed by atoms with Crippen LogP contribution in [-0.4, -0.2) is 76.4 Å². The van der Waals surface area contributed by atoms with E-state index >= 15 is 0 Å². The van der Waals surface area contributed by atoms with Crippen LogP contribution in [0.15, 0.2) is 0 Å². The molecule has 5 atom stereocenters. The molecule has 0 aromatic heterocycles. The van der Waals surface area contributed by atoms with E-state index in [4.69, 9.17) is 0 Å². The van der Waals surface area contributed by atoms with E-state index in [1.54, 1.807) is 6.92 Å². The van der Waals surface area contributed by atoms with Gasteiger partial charge < -0.3 is 31.5 Å². The maximum atomic E-state index is 12.3. The van der Waals surface area contributed by atoms with Crippen molar-refractivity contribution < 1.29 is 24.6 Å². The molecule has 10 heteroatoms. The summed E-state index contributed by atoms with van der Waals surface area (Å²) >= 11 is 1.89. The number of aliphatic hydroxyl groups excluding tert-OH is 2. The number of carbonyl (C=O) groups excluding carboxylic acids is 3. The van der Waals surface area contributed by atoms with Crippen molar-refractivity contribution in [3.63, 3.8) is 0 Å². The molecule has 9 nitrogen and oxygen atoms in total. The fourth-order valence-electron chi connectivity index (χ4n) is 4.56. The molecular formula is C20H34N4O5S. The van der Waals surface area contributed by atoms with Gasteiger partial charge in [0.2, 0.25) is 11.8 Å². The van der Waals surface area contributed by atoms with Gasteiger partial charge in [-0.1, -0.05) is 13.3 Å². The zero-order chi connectivity index (χ0) is 21.7. The molecule has 3 aliphatic rings. The maximum Gasteiger partial charge on any atom is 0.315 e. The zero-order valence-electron chi connectivity index (χ0n) is 17.5. The fourth-order valence-corrected chi connectivity index (χ4v) is 6.10. The minimum Gasteiger partial charge on any atom is -0.390 e. The van der Waals surface area contributed by atoms with Crippen molar-refractivity contribution in [1.29, 1.82) is 0 Å². The number of hydrogen-bond acceptors (Lipinski definition) is 6. The normalized spacial score (nSPS) is 34.9. The minimum atomic E-state index is -0.845. The SMILES string of the molecule is CC1(C(=O)NCCCNC(=O)CCCCC2SC[C@@H]3NC(=O)N[C@H]23)CC(O)C(O)C1. The third kappa shape index (κ3) is 5.79. The summed E-state index contributed by atoms with van der Waals surface area (Å²) in [5.74, 6) is 0.805. The summed E-state index contributed by atoms with van der Waals surface area (Å²) in [4.78, 5) is 35.6. The molecule has 4 amide bonds. The van der Waals surface area contributed by atoms with Gasteiger partial charge in [0.25, 0.3) is 0 Å². The van der Waals surface area contributed by atoms with Gasteiger partial charge in [0.05, 0.1) is 29.7 Å². The molecule has 6 N–H and O–H groups in total. The Labute approximate surface area is 181 Å². The number of rotatable bonds is 10. The number of unbranched alkanes of at least 4 members (excludes halogenated alkanes) is 1. The van der Waals surface area contributed by atoms with Crippen molar-refractivity contribution in [2.24, 2.45) is 5.41 Å². The van der Waals surface area contributed by atoms with Gasteiger partial charge in [-0.05, 0) is 32.1 Å². The number of urea groups is 1. The van der Waals surface area contributed by atoms with Gasteiger partial charge in [-0.25, -0.2) is 4.79 Å². The highest BCUT2D eigenvalue weighted by Gasteiger charge is 2.45. The summed E-state index contributed by atoms with van der Waals surface area (Å²) < 4.78 is 0. The second-order valence-electron chi connectivity index (χ2n) is 8.93. The topological polar surface area (TPSA) is 140 Å². The van der Waals surface area contributed by atoms with Crippen molar-refractivity contribution in [2.45, 2.75) is 81.4 Å². The summed E-state index contributed by atoms with van der Waals surface area (Å²) in [6.07, 6.45) is 2.72. The van der Waals surface area contributed by atoms with Crippen molar-refractivity contribution in [1.82, 2.24) is 21.3 Å². The Morgan fingerprint density at radius 1 is 1.10 bits per heavy atom. The van der Waals surface area contributed by atoms with Crippen molar-refractivity contribution in [3.05, 3.63) is 0 Å². The van der Waals surface area contributed by atoms with Crippen LogP contribution in [0.3, 0.4) is 0 Å². The Kier molecular flexibility index (Phi) is 7.86. The Morgan fingerprint density at radius 3 is 2.53 bits per heavy atom. The van der Waals surface area contributed by atoms with E-state index in [-0.39, 0.29) is 42.8 Å². The minimum absolute atomic E-state index is 0.0168. The molecule has 3 fully saturated rings. The number of nitrogens with one attached hydrogen (secondary N) is 4. The van der Waals surface area contributed by atoms with E-state index in [9.17, 15) is 24.6 Å². The molecule has 0 aromatic rings. The number of carbonyl (C=O) groups is 3. The molecule has 1 aliphatic carbocycles. The molecule has 2 aliphatic heterocycles. The Bertz CT molecular complexity index is 639. The summed E-state index contributed by atoms with van der Waals surface area (Å²) in [7, 11) is 0. The van der Waals surface area contributed by atoms with E-state index in [0.29, 0.717) is 31.2 Å². The van der Waals surface area contributed by atoms with Crippen LogP contribution in [0.1, 0.15) is 51.9 Å². The Balaban J connectivity index is 1.20. The third-order valence-corrected chi connectivity index (χ3v) is 7.86. The van der Waals surface area contributed by atoms with Crippen molar-refractivity contribution in [3.8, 4) is 0 Å². The summed E-state index contributed by atoms with van der Waals surface area (Å²) in [5, 5.41) is 31.4. The van der Waals surface area contributed by atoms with Crippen LogP contribution in [0.25, 0.3) is 0 Å². The number of amides is 4. The number of hydrogen-bond donors (Lipinski definition) is 6. The zero-order valence-corrected chi connectivity index (χ0v) is 18.3. The molecule has 0 radical (unpaired) electrons. The van der Waals surface area contributed by atoms with Gasteiger partial charge in [0.1, 0.15) is 0 Å². The predicted octanol–water partition coefficient (Wildman–Crippen LogP) is -0.143. The Morgan fingerprint density at radius 2 is 1.80 bits per heavy atom. The molecule has 3 unspecified atom stereocenters. The van der Waals surface area contributed by atoms with Gasteiger partial charge in [-0.15, -0.1) is 0 Å². The van der Waals surface area contributed by atoms with Gasteiger partial charge in [-0.2, -0.15) is 11.8 Å². The molecule has 2 heterocycles. The average molecular weight is 443 g/mol. The fraction of sp³-hybridized carbons (Fsp3) is 0.850. The lowest BCUT2D eigenvalue weighted by Gasteiger charge is -2.22. The first-order valence-electron chi connectivity index (χ1n) is 10.9. The summed E-state index contributed by atoms with van der Waals surface area (Å²) in [5.41, 5.74) is -0.739. The average Bonchev–Trinajstić information content (AvgIpc) is 3.31. The van der Waals surface area contributed by atoms with Gasteiger partial charge in [0.15, 0.2) is 0 Å².